The van der Waals surface area contributed by atoms with E-state index in [1.807, 2.05) is 49.0 Å². The van der Waals surface area contributed by atoms with Crippen LogP contribution in [0.4, 0.5) is 0 Å². The molecule has 1 aromatic carbocycles. The molecule has 1 N–H and O–H groups in total. The molecule has 0 spiro atoms. The number of hydrogen-bond donors (Lipinski definition) is 1. The molecule has 0 saturated heterocycles. The minimum absolute atomic E-state index is 0.0254. The van der Waals surface area contributed by atoms with Crippen LogP contribution in [0.25, 0.3) is 11.0 Å². The number of carbonyl (C=O) groups is 1. The molecule has 0 radical (unpaired) electrons. The molecule has 0 fully saturated rings. The van der Waals surface area contributed by atoms with Gasteiger partial charge in [0.2, 0.25) is 5.91 Å². The zero-order valence-electron chi connectivity index (χ0n) is 12.6. The van der Waals surface area contributed by atoms with E-state index in [1.54, 1.807) is 10.9 Å². The Kier molecular flexibility index (Phi) is 3.86. The molecular weight excluding hydrogens is 280 g/mol. The lowest BCUT2D eigenvalue weighted by Gasteiger charge is -2.12. The Labute approximate surface area is 128 Å². The van der Waals surface area contributed by atoms with Gasteiger partial charge in [-0.1, -0.05) is 24.3 Å². The molecule has 114 valence electrons. The van der Waals surface area contributed by atoms with Gasteiger partial charge in [-0.05, 0) is 12.1 Å². The van der Waals surface area contributed by atoms with Gasteiger partial charge < -0.3 is 9.88 Å². The lowest BCUT2D eigenvalue weighted by molar-refractivity contribution is -0.125. The summed E-state index contributed by atoms with van der Waals surface area (Å²) in [6.45, 7) is 2.79. The van der Waals surface area contributed by atoms with Crippen LogP contribution in [0.1, 0.15) is 12.7 Å². The monoisotopic (exact) mass is 298 g/mol. The predicted molar refractivity (Wildman–Crippen MR) is 81.7 cm³/mol. The number of nitrogens with zero attached hydrogens (tertiary/aromatic N) is 5. The van der Waals surface area contributed by atoms with Gasteiger partial charge in [0.1, 0.15) is 11.3 Å². The van der Waals surface area contributed by atoms with E-state index in [0.717, 1.165) is 16.9 Å². The smallest absolute Gasteiger partial charge is 0.225 e. The van der Waals surface area contributed by atoms with Crippen LogP contribution in [0.15, 0.2) is 36.7 Å². The van der Waals surface area contributed by atoms with Gasteiger partial charge in [0.25, 0.3) is 0 Å². The number of amides is 1. The summed E-state index contributed by atoms with van der Waals surface area (Å²) < 4.78 is 3.65. The van der Waals surface area contributed by atoms with Crippen molar-refractivity contribution in [2.24, 2.45) is 13.0 Å². The Morgan fingerprint density at radius 3 is 2.95 bits per heavy atom. The molecule has 22 heavy (non-hydrogen) atoms. The van der Waals surface area contributed by atoms with Crippen LogP contribution >= 0.6 is 0 Å². The summed E-state index contributed by atoms with van der Waals surface area (Å²) in [7, 11) is 1.90. The van der Waals surface area contributed by atoms with Gasteiger partial charge in [0.05, 0.1) is 24.5 Å². The largest absolute Gasteiger partial charge is 0.349 e. The van der Waals surface area contributed by atoms with Crippen molar-refractivity contribution in [2.75, 3.05) is 0 Å². The zero-order chi connectivity index (χ0) is 15.5. The second-order valence-electron chi connectivity index (χ2n) is 5.33. The summed E-state index contributed by atoms with van der Waals surface area (Å²) in [6.07, 6.45) is 3.57. The molecule has 0 aliphatic carbocycles. The first-order chi connectivity index (χ1) is 10.6. The van der Waals surface area contributed by atoms with Crippen molar-refractivity contribution in [3.8, 4) is 0 Å². The molecule has 7 heteroatoms. The molecule has 0 bridgehead atoms. The van der Waals surface area contributed by atoms with E-state index in [-0.39, 0.29) is 11.8 Å². The Morgan fingerprint density at radius 1 is 1.36 bits per heavy atom. The molecule has 2 aromatic heterocycles. The van der Waals surface area contributed by atoms with Crippen LogP contribution in [0, 0.1) is 5.92 Å². The van der Waals surface area contributed by atoms with Crippen molar-refractivity contribution in [2.45, 2.75) is 20.0 Å². The van der Waals surface area contributed by atoms with Gasteiger partial charge in [-0.15, -0.1) is 5.10 Å². The predicted octanol–water partition coefficient (Wildman–Crippen LogP) is 1.12. The molecule has 0 aliphatic rings. The summed E-state index contributed by atoms with van der Waals surface area (Å²) >= 11 is 0. The topological polar surface area (TPSA) is 77.6 Å². The Balaban J connectivity index is 1.62. The molecule has 1 amide bonds. The van der Waals surface area contributed by atoms with Crippen LogP contribution in [0.2, 0.25) is 0 Å². The van der Waals surface area contributed by atoms with Crippen LogP contribution in [-0.4, -0.2) is 30.5 Å². The molecule has 1 atom stereocenters. The Bertz CT molecular complexity index is 790. The number of para-hydroxylation sites is 1. The lowest BCUT2D eigenvalue weighted by atomic mass is 10.1. The summed E-state index contributed by atoms with van der Waals surface area (Å²) in [6, 6.07) is 7.72. The number of imidazole rings is 1. The average Bonchev–Trinajstić information content (AvgIpc) is 3.12. The highest BCUT2D eigenvalue weighted by Crippen LogP contribution is 2.12. The van der Waals surface area contributed by atoms with Gasteiger partial charge in [-0.3, -0.25) is 4.79 Å². The second kappa shape index (κ2) is 5.97. The third kappa shape index (κ3) is 2.83. The van der Waals surface area contributed by atoms with Crippen molar-refractivity contribution in [1.82, 2.24) is 29.9 Å². The van der Waals surface area contributed by atoms with E-state index in [0.29, 0.717) is 13.1 Å². The first kappa shape index (κ1) is 14.2. The summed E-state index contributed by atoms with van der Waals surface area (Å²) in [4.78, 5) is 16.4. The summed E-state index contributed by atoms with van der Waals surface area (Å²) in [5.41, 5.74) is 1.77. The number of fused-ring (bicyclic) bond motifs is 1. The average molecular weight is 298 g/mol. The molecule has 7 nitrogen and oxygen atoms in total. The quantitative estimate of drug-likeness (QED) is 0.765. The standard InChI is InChI=1S/C15H18N6O/c1-11(15(22)17-9-14-16-7-8-20(14)2)10-21-13-6-4-3-5-12(13)18-19-21/h3-8,11H,9-10H2,1-2H3,(H,17,22). The number of aryl methyl sites for hydroxylation is 1. The number of rotatable bonds is 5. The zero-order valence-corrected chi connectivity index (χ0v) is 12.6. The second-order valence-corrected chi connectivity index (χ2v) is 5.33. The van der Waals surface area contributed by atoms with Crippen LogP contribution < -0.4 is 5.32 Å². The lowest BCUT2D eigenvalue weighted by Crippen LogP contribution is -2.32. The Morgan fingerprint density at radius 2 is 2.18 bits per heavy atom. The summed E-state index contributed by atoms with van der Waals surface area (Å²) in [5.74, 6) is 0.597. The van der Waals surface area contributed by atoms with E-state index in [4.69, 9.17) is 0 Å². The molecule has 3 rings (SSSR count). The highest BCUT2D eigenvalue weighted by molar-refractivity contribution is 5.78. The molecule has 2 heterocycles. The van der Waals surface area contributed by atoms with E-state index >= 15 is 0 Å². The van der Waals surface area contributed by atoms with Crippen LogP contribution in [0.5, 0.6) is 0 Å². The van der Waals surface area contributed by atoms with Crippen molar-refractivity contribution < 1.29 is 4.79 Å². The normalized spacial score (nSPS) is 12.5. The van der Waals surface area contributed by atoms with Gasteiger partial charge in [0.15, 0.2) is 0 Å². The number of carbonyl (C=O) groups excluding carboxylic acids is 1. The highest BCUT2D eigenvalue weighted by Gasteiger charge is 2.16. The summed E-state index contributed by atoms with van der Waals surface area (Å²) in [5, 5.41) is 11.1. The number of nitrogens with one attached hydrogen (secondary N) is 1. The minimum atomic E-state index is -0.203. The number of aromatic nitrogens is 5. The van der Waals surface area contributed by atoms with Crippen molar-refractivity contribution in [1.29, 1.82) is 0 Å². The number of hydrogen-bond acceptors (Lipinski definition) is 4. The maximum absolute atomic E-state index is 12.2. The fourth-order valence-electron chi connectivity index (χ4n) is 2.30. The van der Waals surface area contributed by atoms with E-state index in [1.165, 1.54) is 0 Å². The molecule has 0 aliphatic heterocycles. The van der Waals surface area contributed by atoms with Crippen molar-refractivity contribution in [3.63, 3.8) is 0 Å². The Hall–Kier alpha value is -2.70. The van der Waals surface area contributed by atoms with Gasteiger partial charge in [-0.25, -0.2) is 9.67 Å². The fourth-order valence-corrected chi connectivity index (χ4v) is 2.30. The maximum Gasteiger partial charge on any atom is 0.225 e. The third-order valence-electron chi connectivity index (χ3n) is 3.66. The van der Waals surface area contributed by atoms with Gasteiger partial charge in [0, 0.05) is 19.4 Å². The van der Waals surface area contributed by atoms with Crippen molar-refractivity contribution in [3.05, 3.63) is 42.5 Å². The molecule has 1 unspecified atom stereocenters. The maximum atomic E-state index is 12.2. The highest BCUT2D eigenvalue weighted by atomic mass is 16.1. The first-order valence-electron chi connectivity index (χ1n) is 7.17. The number of benzene rings is 1. The molecule has 3 aromatic rings. The van der Waals surface area contributed by atoms with Gasteiger partial charge in [-0.2, -0.15) is 0 Å². The van der Waals surface area contributed by atoms with Crippen LogP contribution in [-0.2, 0) is 24.9 Å². The van der Waals surface area contributed by atoms with E-state index in [2.05, 4.69) is 20.6 Å². The van der Waals surface area contributed by atoms with Gasteiger partial charge >= 0.3 is 0 Å². The molecule has 0 saturated carbocycles. The van der Waals surface area contributed by atoms with Crippen LogP contribution in [0.3, 0.4) is 0 Å². The SMILES string of the molecule is CC(Cn1nnc2ccccc21)C(=O)NCc1nccn1C. The third-order valence-corrected chi connectivity index (χ3v) is 3.66. The molecular formula is C15H18N6O. The van der Waals surface area contributed by atoms with E-state index < -0.39 is 0 Å². The van der Waals surface area contributed by atoms with E-state index in [9.17, 15) is 4.79 Å². The first-order valence-corrected chi connectivity index (χ1v) is 7.17. The minimum Gasteiger partial charge on any atom is -0.349 e. The van der Waals surface area contributed by atoms with Crippen molar-refractivity contribution >= 4 is 16.9 Å². The fraction of sp³-hybridized carbons (Fsp3) is 0.333.